The first-order chi connectivity index (χ1) is 13.1. The average molecular weight is 389 g/mol. The molecule has 3 heterocycles. The summed E-state index contributed by atoms with van der Waals surface area (Å²) in [6.45, 7) is 3.08. The zero-order valence-corrected chi connectivity index (χ0v) is 15.9. The van der Waals surface area contributed by atoms with Gasteiger partial charge in [-0.1, -0.05) is 11.6 Å². The van der Waals surface area contributed by atoms with Gasteiger partial charge in [-0.05, 0) is 24.6 Å². The van der Waals surface area contributed by atoms with E-state index in [2.05, 4.69) is 14.9 Å². The molecule has 2 fully saturated rings. The van der Waals surface area contributed by atoms with E-state index in [9.17, 15) is 4.79 Å². The van der Waals surface area contributed by atoms with Crippen LogP contribution in [-0.4, -0.2) is 66.3 Å². The van der Waals surface area contributed by atoms with E-state index in [0.717, 1.165) is 18.8 Å². The highest BCUT2D eigenvalue weighted by molar-refractivity contribution is 6.31. The van der Waals surface area contributed by atoms with Gasteiger partial charge in [-0.3, -0.25) is 9.78 Å². The second-order valence-electron chi connectivity index (χ2n) is 6.84. The molecule has 1 aromatic carbocycles. The molecule has 142 valence electrons. The number of carbonyl (C=O) groups excluding carboxylic acids is 1. The molecule has 0 bridgehead atoms. The third-order valence-corrected chi connectivity index (χ3v) is 5.35. The molecule has 1 amide bonds. The smallest absolute Gasteiger partial charge is 0.257 e. The van der Waals surface area contributed by atoms with Gasteiger partial charge in [0.1, 0.15) is 17.2 Å². The molecule has 2 aliphatic rings. The maximum absolute atomic E-state index is 13.1. The van der Waals surface area contributed by atoms with Crippen molar-refractivity contribution in [3.63, 3.8) is 0 Å². The number of anilines is 1. The van der Waals surface area contributed by atoms with Gasteiger partial charge in [-0.25, -0.2) is 4.98 Å². The van der Waals surface area contributed by atoms with Crippen molar-refractivity contribution in [1.29, 1.82) is 0 Å². The fourth-order valence-corrected chi connectivity index (χ4v) is 3.95. The van der Waals surface area contributed by atoms with Crippen molar-refractivity contribution in [2.45, 2.75) is 12.0 Å². The Morgan fingerprint density at radius 1 is 1.30 bits per heavy atom. The van der Waals surface area contributed by atoms with Gasteiger partial charge in [0.05, 0.1) is 38.6 Å². The SMILES string of the molecule is COc1ccc(Cl)cc1C(=O)N1CCOC2(CCN(c3cnccn3)C2)C1. The van der Waals surface area contributed by atoms with Crippen LogP contribution < -0.4 is 9.64 Å². The van der Waals surface area contributed by atoms with Crippen molar-refractivity contribution in [2.75, 3.05) is 44.8 Å². The molecule has 1 aromatic heterocycles. The summed E-state index contributed by atoms with van der Waals surface area (Å²) < 4.78 is 11.5. The summed E-state index contributed by atoms with van der Waals surface area (Å²) in [5, 5.41) is 0.511. The van der Waals surface area contributed by atoms with Crippen molar-refractivity contribution in [3.8, 4) is 5.75 Å². The quantitative estimate of drug-likeness (QED) is 0.803. The largest absolute Gasteiger partial charge is 0.496 e. The zero-order chi connectivity index (χ0) is 18.9. The number of nitrogens with zero attached hydrogens (tertiary/aromatic N) is 4. The lowest BCUT2D eigenvalue weighted by Crippen LogP contribution is -2.55. The van der Waals surface area contributed by atoms with Gasteiger partial charge >= 0.3 is 0 Å². The van der Waals surface area contributed by atoms with E-state index in [-0.39, 0.29) is 5.91 Å². The number of hydrogen-bond acceptors (Lipinski definition) is 6. The zero-order valence-electron chi connectivity index (χ0n) is 15.1. The molecule has 1 spiro atoms. The number of hydrogen-bond donors (Lipinski definition) is 0. The third kappa shape index (κ3) is 3.57. The summed E-state index contributed by atoms with van der Waals surface area (Å²) in [7, 11) is 1.55. The molecule has 4 rings (SSSR count). The molecule has 7 nitrogen and oxygen atoms in total. The standard InChI is InChI=1S/C19H21ClN4O3/c1-26-16-3-2-14(20)10-15(16)18(25)24-8-9-27-19(13-24)4-7-23(12-19)17-11-21-5-6-22-17/h2-3,5-6,10-11H,4,7-9,12-13H2,1H3. The fourth-order valence-electron chi connectivity index (χ4n) is 3.78. The van der Waals surface area contributed by atoms with Crippen LogP contribution in [0.1, 0.15) is 16.8 Å². The minimum atomic E-state index is -0.392. The Labute approximate surface area is 162 Å². The highest BCUT2D eigenvalue weighted by atomic mass is 35.5. The Kier molecular flexibility index (Phi) is 4.88. The summed E-state index contributed by atoms with van der Waals surface area (Å²) in [6.07, 6.45) is 5.93. The minimum absolute atomic E-state index is 0.0880. The normalized spacial score (nSPS) is 22.3. The lowest BCUT2D eigenvalue weighted by molar-refractivity contribution is -0.0856. The van der Waals surface area contributed by atoms with Crippen molar-refractivity contribution in [1.82, 2.24) is 14.9 Å². The summed E-state index contributed by atoms with van der Waals surface area (Å²) in [5.74, 6) is 1.27. The van der Waals surface area contributed by atoms with E-state index in [0.29, 0.717) is 42.6 Å². The molecule has 1 atom stereocenters. The Morgan fingerprint density at radius 2 is 2.19 bits per heavy atom. The fraction of sp³-hybridized carbons (Fsp3) is 0.421. The number of benzene rings is 1. The Morgan fingerprint density at radius 3 is 2.96 bits per heavy atom. The molecule has 27 heavy (non-hydrogen) atoms. The van der Waals surface area contributed by atoms with Crippen LogP contribution in [0.15, 0.2) is 36.8 Å². The molecule has 0 aliphatic carbocycles. The van der Waals surface area contributed by atoms with Crippen molar-refractivity contribution < 1.29 is 14.3 Å². The predicted molar refractivity (Wildman–Crippen MR) is 101 cm³/mol. The van der Waals surface area contributed by atoms with Crippen LogP contribution >= 0.6 is 11.6 Å². The first-order valence-corrected chi connectivity index (χ1v) is 9.26. The van der Waals surface area contributed by atoms with Gasteiger partial charge < -0.3 is 19.3 Å². The number of methoxy groups -OCH3 is 1. The second-order valence-corrected chi connectivity index (χ2v) is 7.27. The lowest BCUT2D eigenvalue weighted by atomic mass is 10.00. The number of halogens is 1. The monoisotopic (exact) mass is 388 g/mol. The summed E-state index contributed by atoms with van der Waals surface area (Å²) in [5.41, 5.74) is 0.0860. The molecule has 8 heteroatoms. The first kappa shape index (κ1) is 18.0. The second kappa shape index (κ2) is 7.32. The van der Waals surface area contributed by atoms with Crippen LogP contribution in [0.3, 0.4) is 0 Å². The topological polar surface area (TPSA) is 67.8 Å². The van der Waals surface area contributed by atoms with E-state index in [4.69, 9.17) is 21.1 Å². The van der Waals surface area contributed by atoms with E-state index >= 15 is 0 Å². The van der Waals surface area contributed by atoms with Gasteiger partial charge in [0, 0.05) is 30.5 Å². The van der Waals surface area contributed by atoms with Gasteiger partial charge in [-0.2, -0.15) is 0 Å². The summed E-state index contributed by atoms with van der Waals surface area (Å²) in [6, 6.07) is 5.09. The van der Waals surface area contributed by atoms with Crippen molar-refractivity contribution >= 4 is 23.3 Å². The molecule has 0 N–H and O–H groups in total. The number of ether oxygens (including phenoxy) is 2. The minimum Gasteiger partial charge on any atom is -0.496 e. The number of aromatic nitrogens is 2. The summed E-state index contributed by atoms with van der Waals surface area (Å²) >= 11 is 6.09. The van der Waals surface area contributed by atoms with E-state index < -0.39 is 5.60 Å². The number of rotatable bonds is 3. The first-order valence-electron chi connectivity index (χ1n) is 8.88. The maximum Gasteiger partial charge on any atom is 0.257 e. The van der Waals surface area contributed by atoms with Crippen molar-refractivity contribution in [3.05, 3.63) is 47.4 Å². The van der Waals surface area contributed by atoms with Crippen LogP contribution in [0.4, 0.5) is 5.82 Å². The number of carbonyl (C=O) groups is 1. The summed E-state index contributed by atoms with van der Waals surface area (Å²) in [4.78, 5) is 25.6. The Balaban J connectivity index is 1.52. The van der Waals surface area contributed by atoms with Crippen LogP contribution in [0.25, 0.3) is 0 Å². The molecular formula is C19H21ClN4O3. The number of morpholine rings is 1. The molecular weight excluding hydrogens is 368 g/mol. The Hall–Kier alpha value is -2.38. The highest BCUT2D eigenvalue weighted by Crippen LogP contribution is 2.33. The van der Waals surface area contributed by atoms with Crippen LogP contribution in [0.5, 0.6) is 5.75 Å². The van der Waals surface area contributed by atoms with Crippen LogP contribution in [0.2, 0.25) is 5.02 Å². The van der Waals surface area contributed by atoms with Crippen molar-refractivity contribution in [2.24, 2.45) is 0 Å². The lowest BCUT2D eigenvalue weighted by Gasteiger charge is -2.40. The Bertz CT molecular complexity index is 835. The predicted octanol–water partition coefficient (Wildman–Crippen LogP) is 2.26. The van der Waals surface area contributed by atoms with Gasteiger partial charge in [0.25, 0.3) is 5.91 Å². The molecule has 2 aliphatic heterocycles. The van der Waals surface area contributed by atoms with E-state index in [1.165, 1.54) is 0 Å². The molecule has 1 unspecified atom stereocenters. The molecule has 2 aromatic rings. The third-order valence-electron chi connectivity index (χ3n) is 5.12. The van der Waals surface area contributed by atoms with Gasteiger partial charge in [0.2, 0.25) is 0 Å². The van der Waals surface area contributed by atoms with Crippen LogP contribution in [0, 0.1) is 0 Å². The van der Waals surface area contributed by atoms with E-state index in [1.807, 2.05) is 4.90 Å². The van der Waals surface area contributed by atoms with E-state index in [1.54, 1.807) is 43.9 Å². The highest BCUT2D eigenvalue weighted by Gasteiger charge is 2.44. The van der Waals surface area contributed by atoms with Gasteiger partial charge in [-0.15, -0.1) is 0 Å². The van der Waals surface area contributed by atoms with Gasteiger partial charge in [0.15, 0.2) is 0 Å². The number of amides is 1. The molecule has 0 saturated carbocycles. The molecule has 0 radical (unpaired) electrons. The average Bonchev–Trinajstić information content (AvgIpc) is 3.11. The maximum atomic E-state index is 13.1. The molecule has 2 saturated heterocycles. The van der Waals surface area contributed by atoms with Crippen LogP contribution in [-0.2, 0) is 4.74 Å².